The van der Waals surface area contributed by atoms with Crippen molar-refractivity contribution in [1.82, 2.24) is 10.3 Å². The maximum absolute atomic E-state index is 12.4. The zero-order valence-electron chi connectivity index (χ0n) is 15.1. The summed E-state index contributed by atoms with van der Waals surface area (Å²) < 4.78 is 0. The van der Waals surface area contributed by atoms with Crippen LogP contribution in [0.1, 0.15) is 29.7 Å². The van der Waals surface area contributed by atoms with E-state index in [2.05, 4.69) is 10.3 Å². The molecule has 0 aliphatic heterocycles. The number of hydrogen-bond donors (Lipinski definition) is 2. The molecule has 2 aromatic carbocycles. The van der Waals surface area contributed by atoms with Crippen LogP contribution in [0.5, 0.6) is 0 Å². The van der Waals surface area contributed by atoms with E-state index in [9.17, 15) is 10.1 Å². The molecule has 28 heavy (non-hydrogen) atoms. The maximum atomic E-state index is 12.4. The van der Waals surface area contributed by atoms with Crippen molar-refractivity contribution in [2.45, 2.75) is 18.0 Å². The summed E-state index contributed by atoms with van der Waals surface area (Å²) in [6.45, 7) is 1.93. The number of nitrogens with one attached hydrogen (secondary N) is 1. The van der Waals surface area contributed by atoms with Crippen LogP contribution < -0.4 is 11.1 Å². The van der Waals surface area contributed by atoms with E-state index < -0.39 is 0 Å². The summed E-state index contributed by atoms with van der Waals surface area (Å²) in [6.07, 6.45) is 0. The number of rotatable bonds is 5. The number of nitrogen functional groups attached to an aromatic ring is 1. The van der Waals surface area contributed by atoms with Crippen LogP contribution in [0.3, 0.4) is 0 Å². The van der Waals surface area contributed by atoms with Crippen molar-refractivity contribution in [3.8, 4) is 12.1 Å². The lowest BCUT2D eigenvalue weighted by atomic mass is 10.00. The van der Waals surface area contributed by atoms with Gasteiger partial charge in [-0.25, -0.2) is 4.98 Å². The van der Waals surface area contributed by atoms with Gasteiger partial charge in [-0.3, -0.25) is 4.79 Å². The van der Waals surface area contributed by atoms with Crippen molar-refractivity contribution >= 4 is 34.3 Å². The third-order valence-corrected chi connectivity index (χ3v) is 5.26. The second-order valence-corrected chi connectivity index (χ2v) is 7.11. The number of amides is 1. The molecule has 6 nitrogen and oxygen atoms in total. The number of anilines is 1. The Bertz CT molecular complexity index is 1120. The highest BCUT2D eigenvalue weighted by Crippen LogP contribution is 2.26. The molecular formula is C21H17N5OS. The molecule has 1 atom stereocenters. The lowest BCUT2D eigenvalue weighted by molar-refractivity contribution is -0.119. The molecule has 1 heterocycles. The topological polar surface area (TPSA) is 116 Å². The summed E-state index contributed by atoms with van der Waals surface area (Å²) in [5.41, 5.74) is 7.13. The Morgan fingerprint density at radius 1 is 1.18 bits per heavy atom. The fourth-order valence-corrected chi connectivity index (χ4v) is 3.69. The molecule has 0 saturated carbocycles. The van der Waals surface area contributed by atoms with Gasteiger partial charge in [0, 0.05) is 0 Å². The number of carbonyl (C=O) groups is 1. The molecule has 0 saturated heterocycles. The van der Waals surface area contributed by atoms with E-state index in [1.807, 2.05) is 61.5 Å². The molecule has 0 spiro atoms. The fourth-order valence-electron chi connectivity index (χ4n) is 2.91. The largest absolute Gasteiger partial charge is 0.383 e. The molecule has 3 N–H and O–H groups in total. The zero-order chi connectivity index (χ0) is 20.1. The summed E-state index contributed by atoms with van der Waals surface area (Å²) >= 11 is 1.12. The molecule has 3 rings (SSSR count). The Morgan fingerprint density at radius 2 is 1.89 bits per heavy atom. The van der Waals surface area contributed by atoms with E-state index in [0.717, 1.165) is 28.1 Å². The van der Waals surface area contributed by atoms with E-state index >= 15 is 0 Å². The number of thioether (sulfide) groups is 1. The van der Waals surface area contributed by atoms with E-state index in [4.69, 9.17) is 11.0 Å². The van der Waals surface area contributed by atoms with Crippen LogP contribution in [0, 0.1) is 22.7 Å². The molecule has 0 aliphatic carbocycles. The summed E-state index contributed by atoms with van der Waals surface area (Å²) in [7, 11) is 0. The van der Waals surface area contributed by atoms with Gasteiger partial charge in [0.25, 0.3) is 0 Å². The molecule has 0 fully saturated rings. The number of nitrogens with zero attached hydrogens (tertiary/aromatic N) is 3. The molecule has 138 valence electrons. The number of pyridine rings is 1. The first kappa shape index (κ1) is 19.2. The van der Waals surface area contributed by atoms with Gasteiger partial charge in [-0.2, -0.15) is 10.5 Å². The molecule has 1 unspecified atom stereocenters. The van der Waals surface area contributed by atoms with Crippen LogP contribution in [0.4, 0.5) is 5.82 Å². The van der Waals surface area contributed by atoms with E-state index in [1.54, 1.807) is 0 Å². The molecule has 0 aliphatic rings. The smallest absolute Gasteiger partial charge is 0.230 e. The van der Waals surface area contributed by atoms with E-state index in [1.165, 1.54) is 6.07 Å². The van der Waals surface area contributed by atoms with Crippen LogP contribution in [-0.4, -0.2) is 16.6 Å². The van der Waals surface area contributed by atoms with Gasteiger partial charge in [0.2, 0.25) is 5.91 Å². The van der Waals surface area contributed by atoms with Crippen LogP contribution >= 0.6 is 11.8 Å². The average Bonchev–Trinajstić information content (AvgIpc) is 2.71. The van der Waals surface area contributed by atoms with Gasteiger partial charge in [0.05, 0.1) is 22.9 Å². The molecule has 7 heteroatoms. The van der Waals surface area contributed by atoms with Crippen molar-refractivity contribution in [3.05, 3.63) is 65.2 Å². The number of nitriles is 2. The predicted octanol–water partition coefficient (Wildman–Crippen LogP) is 3.53. The lowest BCUT2D eigenvalue weighted by Gasteiger charge is -2.16. The Hall–Kier alpha value is -3.55. The van der Waals surface area contributed by atoms with Gasteiger partial charge in [-0.05, 0) is 29.3 Å². The Morgan fingerprint density at radius 3 is 2.64 bits per heavy atom. The first-order chi connectivity index (χ1) is 13.5. The minimum Gasteiger partial charge on any atom is -0.383 e. The number of aromatic nitrogens is 1. The van der Waals surface area contributed by atoms with Crippen molar-refractivity contribution in [3.63, 3.8) is 0 Å². The van der Waals surface area contributed by atoms with E-state index in [0.29, 0.717) is 5.03 Å². The minimum absolute atomic E-state index is 0.0496. The van der Waals surface area contributed by atoms with Gasteiger partial charge in [-0.15, -0.1) is 0 Å². The second kappa shape index (κ2) is 8.43. The monoisotopic (exact) mass is 387 g/mol. The highest BCUT2D eigenvalue weighted by Gasteiger charge is 2.15. The molecule has 0 radical (unpaired) electrons. The van der Waals surface area contributed by atoms with Crippen molar-refractivity contribution < 1.29 is 4.79 Å². The number of carbonyl (C=O) groups excluding carboxylic acids is 1. The number of fused-ring (bicyclic) bond motifs is 1. The van der Waals surface area contributed by atoms with Crippen LogP contribution in [0.15, 0.2) is 53.6 Å². The fraction of sp³-hybridized carbons (Fsp3) is 0.143. The third-order valence-electron chi connectivity index (χ3n) is 4.27. The van der Waals surface area contributed by atoms with Crippen molar-refractivity contribution in [2.75, 3.05) is 11.5 Å². The number of hydrogen-bond acceptors (Lipinski definition) is 6. The van der Waals surface area contributed by atoms with Gasteiger partial charge in [-0.1, -0.05) is 54.2 Å². The summed E-state index contributed by atoms with van der Waals surface area (Å²) in [5.74, 6) is -0.0464. The summed E-state index contributed by atoms with van der Waals surface area (Å²) in [5, 5.41) is 23.7. The first-order valence-electron chi connectivity index (χ1n) is 8.54. The standard InChI is InChI=1S/C21H17N5OS/c1-13(17-8-4-6-14-5-2-3-7-18(14)17)25-19(27)12-28-21-16(11-23)9-15(10-22)20(24)26-21/h2-9,13H,12H2,1H3,(H2,24,26)(H,25,27). The predicted molar refractivity (Wildman–Crippen MR) is 109 cm³/mol. The molecular weight excluding hydrogens is 370 g/mol. The normalized spacial score (nSPS) is 11.4. The Labute approximate surface area is 167 Å². The second-order valence-electron chi connectivity index (χ2n) is 6.14. The van der Waals surface area contributed by atoms with Crippen molar-refractivity contribution in [2.24, 2.45) is 0 Å². The average molecular weight is 387 g/mol. The van der Waals surface area contributed by atoms with Gasteiger partial charge < -0.3 is 11.1 Å². The Kier molecular flexibility index (Phi) is 5.78. The molecule has 3 aromatic rings. The first-order valence-corrected chi connectivity index (χ1v) is 9.52. The van der Waals surface area contributed by atoms with Crippen molar-refractivity contribution in [1.29, 1.82) is 10.5 Å². The number of benzene rings is 2. The van der Waals surface area contributed by atoms with Crippen LogP contribution in [0.2, 0.25) is 0 Å². The highest BCUT2D eigenvalue weighted by molar-refractivity contribution is 8.00. The molecule has 0 bridgehead atoms. The Balaban J connectivity index is 1.70. The maximum Gasteiger partial charge on any atom is 0.230 e. The van der Waals surface area contributed by atoms with Crippen LogP contribution in [-0.2, 0) is 4.79 Å². The quantitative estimate of drug-likeness (QED) is 0.647. The van der Waals surface area contributed by atoms with Gasteiger partial charge in [0.1, 0.15) is 23.0 Å². The highest BCUT2D eigenvalue weighted by atomic mass is 32.2. The lowest BCUT2D eigenvalue weighted by Crippen LogP contribution is -2.28. The third kappa shape index (κ3) is 4.06. The van der Waals surface area contributed by atoms with Crippen LogP contribution in [0.25, 0.3) is 10.8 Å². The molecule has 1 amide bonds. The van der Waals surface area contributed by atoms with E-state index in [-0.39, 0.29) is 34.6 Å². The summed E-state index contributed by atoms with van der Waals surface area (Å²) in [6, 6.07) is 19.1. The van der Waals surface area contributed by atoms with Gasteiger partial charge in [0.15, 0.2) is 0 Å². The summed E-state index contributed by atoms with van der Waals surface area (Å²) in [4.78, 5) is 16.5. The zero-order valence-corrected chi connectivity index (χ0v) is 16.0. The van der Waals surface area contributed by atoms with Gasteiger partial charge >= 0.3 is 0 Å². The SMILES string of the molecule is CC(NC(=O)CSc1nc(N)c(C#N)cc1C#N)c1cccc2ccccc12. The number of nitrogens with two attached hydrogens (primary N) is 1. The molecule has 1 aromatic heterocycles. The minimum atomic E-state index is -0.181.